The molecule has 0 aliphatic carbocycles. The van der Waals surface area contributed by atoms with E-state index < -0.39 is 0 Å². The van der Waals surface area contributed by atoms with Crippen LogP contribution < -0.4 is 10.1 Å². The number of anilines is 2. The number of para-hydroxylation sites is 1. The summed E-state index contributed by atoms with van der Waals surface area (Å²) in [5.41, 5.74) is 2.26. The average Bonchev–Trinajstić information content (AvgIpc) is 2.54. The molecule has 1 aromatic heterocycles. The Morgan fingerprint density at radius 1 is 1.10 bits per heavy atom. The number of hydrogen-bond acceptors (Lipinski definition) is 4. The molecule has 0 fully saturated rings. The number of pyridine rings is 1. The Labute approximate surface area is 122 Å². The molecule has 0 aliphatic heterocycles. The lowest BCUT2D eigenvalue weighted by Gasteiger charge is -2.09. The van der Waals surface area contributed by atoms with Crippen molar-refractivity contribution in [3.63, 3.8) is 0 Å². The number of nitrogens with zero attached hydrogens (tertiary/aromatic N) is 2. The third-order valence-corrected chi connectivity index (χ3v) is 3.18. The van der Waals surface area contributed by atoms with Crippen LogP contribution in [0.4, 0.5) is 11.5 Å². The molecule has 1 N–H and O–H groups in total. The van der Waals surface area contributed by atoms with Crippen LogP contribution in [0.25, 0.3) is 10.9 Å². The van der Waals surface area contributed by atoms with E-state index in [2.05, 4.69) is 16.4 Å². The largest absolute Gasteiger partial charge is 0.497 e. The molecule has 4 nitrogen and oxygen atoms in total. The number of nitriles is 1. The van der Waals surface area contributed by atoms with E-state index in [1.54, 1.807) is 13.2 Å². The predicted molar refractivity (Wildman–Crippen MR) is 82.7 cm³/mol. The van der Waals surface area contributed by atoms with E-state index in [4.69, 9.17) is 4.74 Å². The van der Waals surface area contributed by atoms with Crippen molar-refractivity contribution in [2.45, 2.75) is 0 Å². The maximum atomic E-state index is 9.28. The maximum absolute atomic E-state index is 9.28. The van der Waals surface area contributed by atoms with Crippen molar-refractivity contribution >= 4 is 22.4 Å². The van der Waals surface area contributed by atoms with Crippen molar-refractivity contribution < 1.29 is 4.74 Å². The summed E-state index contributed by atoms with van der Waals surface area (Å²) in [6.45, 7) is 0. The van der Waals surface area contributed by atoms with Crippen LogP contribution in [0, 0.1) is 11.3 Å². The second-order valence-electron chi connectivity index (χ2n) is 4.54. The summed E-state index contributed by atoms with van der Waals surface area (Å²) < 4.78 is 5.19. The third kappa shape index (κ3) is 2.63. The molecule has 0 atom stereocenters. The van der Waals surface area contributed by atoms with Crippen LogP contribution in [-0.2, 0) is 0 Å². The molecule has 0 amide bonds. The number of ether oxygens (including phenoxy) is 1. The minimum absolute atomic E-state index is 0.603. The molecule has 0 saturated carbocycles. The first-order valence-corrected chi connectivity index (χ1v) is 6.51. The van der Waals surface area contributed by atoms with Crippen LogP contribution in [-0.4, -0.2) is 12.1 Å². The van der Waals surface area contributed by atoms with Gasteiger partial charge in [0.1, 0.15) is 11.6 Å². The van der Waals surface area contributed by atoms with Gasteiger partial charge in [0, 0.05) is 17.1 Å². The summed E-state index contributed by atoms with van der Waals surface area (Å²) in [5, 5.41) is 13.3. The molecule has 3 aromatic rings. The molecule has 0 spiro atoms. The fourth-order valence-corrected chi connectivity index (χ4v) is 2.18. The van der Waals surface area contributed by atoms with Crippen LogP contribution in [0.2, 0.25) is 0 Å². The quantitative estimate of drug-likeness (QED) is 0.788. The minimum atomic E-state index is 0.603. The van der Waals surface area contributed by atoms with Gasteiger partial charge >= 0.3 is 0 Å². The van der Waals surface area contributed by atoms with Gasteiger partial charge in [-0.15, -0.1) is 0 Å². The van der Waals surface area contributed by atoms with Crippen LogP contribution >= 0.6 is 0 Å². The van der Waals surface area contributed by atoms with Crippen molar-refractivity contribution in [2.75, 3.05) is 12.4 Å². The van der Waals surface area contributed by atoms with E-state index in [0.29, 0.717) is 11.4 Å². The molecule has 0 radical (unpaired) electrons. The number of rotatable bonds is 3. The Morgan fingerprint density at radius 3 is 2.76 bits per heavy atom. The molecule has 4 heteroatoms. The van der Waals surface area contributed by atoms with Gasteiger partial charge in [-0.3, -0.25) is 0 Å². The van der Waals surface area contributed by atoms with E-state index in [9.17, 15) is 5.26 Å². The van der Waals surface area contributed by atoms with Gasteiger partial charge in [-0.1, -0.05) is 24.3 Å². The van der Waals surface area contributed by atoms with E-state index in [0.717, 1.165) is 22.3 Å². The molecular formula is C17H13N3O. The van der Waals surface area contributed by atoms with Crippen molar-refractivity contribution in [3.8, 4) is 11.8 Å². The zero-order valence-electron chi connectivity index (χ0n) is 11.5. The van der Waals surface area contributed by atoms with Crippen LogP contribution in [0.5, 0.6) is 5.75 Å². The lowest BCUT2D eigenvalue weighted by Crippen LogP contribution is -1.96. The number of methoxy groups -OCH3 is 1. The average molecular weight is 275 g/mol. The molecule has 0 bridgehead atoms. The van der Waals surface area contributed by atoms with Gasteiger partial charge in [-0.2, -0.15) is 5.26 Å². The van der Waals surface area contributed by atoms with Gasteiger partial charge in [0.2, 0.25) is 0 Å². The van der Waals surface area contributed by atoms with Crippen LogP contribution in [0.1, 0.15) is 5.56 Å². The summed E-state index contributed by atoms with van der Waals surface area (Å²) in [7, 11) is 1.63. The lowest BCUT2D eigenvalue weighted by molar-refractivity contribution is 0.415. The smallest absolute Gasteiger partial charge is 0.132 e. The van der Waals surface area contributed by atoms with Crippen LogP contribution in [0.3, 0.4) is 0 Å². The number of aromatic nitrogens is 1. The highest BCUT2D eigenvalue weighted by molar-refractivity contribution is 5.86. The van der Waals surface area contributed by atoms with Gasteiger partial charge in [0.15, 0.2) is 0 Å². The van der Waals surface area contributed by atoms with E-state index in [1.807, 2.05) is 48.5 Å². The minimum Gasteiger partial charge on any atom is -0.497 e. The highest BCUT2D eigenvalue weighted by Gasteiger charge is 2.05. The zero-order valence-corrected chi connectivity index (χ0v) is 11.5. The molecule has 0 saturated heterocycles. The lowest BCUT2D eigenvalue weighted by atomic mass is 10.1. The molecule has 2 aromatic carbocycles. The Balaban J connectivity index is 2.02. The number of fused-ring (bicyclic) bond motifs is 1. The summed E-state index contributed by atoms with van der Waals surface area (Å²) in [6.07, 6.45) is 0. The number of benzene rings is 2. The van der Waals surface area contributed by atoms with Gasteiger partial charge in [0.25, 0.3) is 0 Å². The van der Waals surface area contributed by atoms with Crippen molar-refractivity contribution in [2.24, 2.45) is 0 Å². The first-order valence-electron chi connectivity index (χ1n) is 6.51. The highest BCUT2D eigenvalue weighted by Crippen LogP contribution is 2.24. The van der Waals surface area contributed by atoms with Gasteiger partial charge < -0.3 is 10.1 Å². The number of nitrogens with one attached hydrogen (secondary N) is 1. The molecule has 3 rings (SSSR count). The van der Waals surface area contributed by atoms with Crippen molar-refractivity contribution in [3.05, 3.63) is 60.2 Å². The summed E-state index contributed by atoms with van der Waals surface area (Å²) in [5.74, 6) is 1.40. The molecule has 21 heavy (non-hydrogen) atoms. The van der Waals surface area contributed by atoms with E-state index in [1.165, 1.54) is 0 Å². The predicted octanol–water partition coefficient (Wildman–Crippen LogP) is 3.86. The topological polar surface area (TPSA) is 57.9 Å². The standard InChI is InChI=1S/C17H13N3O/c1-21-14-6-4-5-13(10-14)19-17-9-12(11-18)15-7-2-3-8-16(15)20-17/h2-10H,1H3,(H,19,20). The monoisotopic (exact) mass is 275 g/mol. The Kier molecular flexibility index (Phi) is 3.40. The summed E-state index contributed by atoms with van der Waals surface area (Å²) in [6, 6.07) is 19.1. The summed E-state index contributed by atoms with van der Waals surface area (Å²) >= 11 is 0. The van der Waals surface area contributed by atoms with E-state index >= 15 is 0 Å². The van der Waals surface area contributed by atoms with Gasteiger partial charge in [-0.05, 0) is 24.3 Å². The first kappa shape index (κ1) is 12.9. The zero-order chi connectivity index (χ0) is 14.7. The van der Waals surface area contributed by atoms with Crippen molar-refractivity contribution in [1.82, 2.24) is 4.98 Å². The fraction of sp³-hybridized carbons (Fsp3) is 0.0588. The summed E-state index contributed by atoms with van der Waals surface area (Å²) in [4.78, 5) is 4.53. The van der Waals surface area contributed by atoms with E-state index in [-0.39, 0.29) is 0 Å². The Morgan fingerprint density at radius 2 is 1.95 bits per heavy atom. The second-order valence-corrected chi connectivity index (χ2v) is 4.54. The Hall–Kier alpha value is -3.06. The highest BCUT2D eigenvalue weighted by atomic mass is 16.5. The second kappa shape index (κ2) is 5.51. The first-order chi connectivity index (χ1) is 10.3. The SMILES string of the molecule is COc1cccc(Nc2cc(C#N)c3ccccc3n2)c1. The maximum Gasteiger partial charge on any atom is 0.132 e. The van der Waals surface area contributed by atoms with Gasteiger partial charge in [-0.25, -0.2) is 4.98 Å². The number of hydrogen-bond donors (Lipinski definition) is 1. The molecule has 0 unspecified atom stereocenters. The van der Waals surface area contributed by atoms with Gasteiger partial charge in [0.05, 0.1) is 24.3 Å². The molecular weight excluding hydrogens is 262 g/mol. The van der Waals surface area contributed by atoms with Crippen LogP contribution in [0.15, 0.2) is 54.6 Å². The molecule has 1 heterocycles. The normalized spacial score (nSPS) is 10.1. The Bertz CT molecular complexity index is 837. The third-order valence-electron chi connectivity index (χ3n) is 3.18. The van der Waals surface area contributed by atoms with Crippen molar-refractivity contribution in [1.29, 1.82) is 5.26 Å². The molecule has 0 aliphatic rings. The fourth-order valence-electron chi connectivity index (χ4n) is 2.18. The molecule has 102 valence electrons.